The molecule has 0 aromatic carbocycles. The fourth-order valence-corrected chi connectivity index (χ4v) is 2.16. The number of rotatable bonds is 7. The summed E-state index contributed by atoms with van der Waals surface area (Å²) in [6.45, 7) is 10.8. The molecule has 3 unspecified atom stereocenters. The summed E-state index contributed by atoms with van der Waals surface area (Å²) in [6.07, 6.45) is 2.86. The SMILES string of the molecule is CCNCC(C)NCC1CCOC1CC. The van der Waals surface area contributed by atoms with E-state index in [4.69, 9.17) is 4.74 Å². The molecule has 1 rings (SSSR count). The molecule has 1 fully saturated rings. The second-order valence-electron chi connectivity index (χ2n) is 4.48. The normalized spacial score (nSPS) is 28.2. The third kappa shape index (κ3) is 4.49. The third-order valence-electron chi connectivity index (χ3n) is 3.18. The van der Waals surface area contributed by atoms with Gasteiger partial charge in [-0.2, -0.15) is 0 Å². The van der Waals surface area contributed by atoms with E-state index in [0.717, 1.165) is 38.6 Å². The lowest BCUT2D eigenvalue weighted by molar-refractivity contribution is 0.0867. The highest BCUT2D eigenvalue weighted by molar-refractivity contribution is 4.78. The lowest BCUT2D eigenvalue weighted by Gasteiger charge is -2.20. The van der Waals surface area contributed by atoms with E-state index in [-0.39, 0.29) is 0 Å². The summed E-state index contributed by atoms with van der Waals surface area (Å²) < 4.78 is 5.67. The molecule has 0 bridgehead atoms. The Morgan fingerprint density at radius 2 is 2.20 bits per heavy atom. The molecule has 0 aromatic heterocycles. The minimum absolute atomic E-state index is 0.490. The maximum Gasteiger partial charge on any atom is 0.0613 e. The van der Waals surface area contributed by atoms with Gasteiger partial charge in [0.15, 0.2) is 0 Å². The van der Waals surface area contributed by atoms with Crippen LogP contribution in [0.5, 0.6) is 0 Å². The second kappa shape index (κ2) is 7.20. The van der Waals surface area contributed by atoms with Gasteiger partial charge in [-0.25, -0.2) is 0 Å². The second-order valence-corrected chi connectivity index (χ2v) is 4.48. The van der Waals surface area contributed by atoms with Gasteiger partial charge >= 0.3 is 0 Å². The van der Waals surface area contributed by atoms with Gasteiger partial charge < -0.3 is 15.4 Å². The van der Waals surface area contributed by atoms with E-state index >= 15 is 0 Å². The topological polar surface area (TPSA) is 33.3 Å². The Kier molecular flexibility index (Phi) is 6.22. The van der Waals surface area contributed by atoms with Gasteiger partial charge in [0.05, 0.1) is 6.10 Å². The van der Waals surface area contributed by atoms with Crippen molar-refractivity contribution in [2.45, 2.75) is 45.8 Å². The smallest absolute Gasteiger partial charge is 0.0613 e. The first-order chi connectivity index (χ1) is 7.27. The van der Waals surface area contributed by atoms with Crippen molar-refractivity contribution in [2.75, 3.05) is 26.2 Å². The van der Waals surface area contributed by atoms with Crippen molar-refractivity contribution in [3.63, 3.8) is 0 Å². The molecule has 0 aromatic rings. The molecule has 1 saturated heterocycles. The molecule has 3 heteroatoms. The standard InChI is InChI=1S/C12H26N2O/c1-4-12-11(6-7-15-12)9-14-10(3)8-13-5-2/h10-14H,4-9H2,1-3H3. The fourth-order valence-electron chi connectivity index (χ4n) is 2.16. The van der Waals surface area contributed by atoms with Gasteiger partial charge in [-0.1, -0.05) is 13.8 Å². The summed E-state index contributed by atoms with van der Waals surface area (Å²) in [4.78, 5) is 0. The number of ether oxygens (including phenoxy) is 1. The van der Waals surface area contributed by atoms with Gasteiger partial charge in [-0.15, -0.1) is 0 Å². The predicted molar refractivity (Wildman–Crippen MR) is 64.1 cm³/mol. The maximum atomic E-state index is 5.67. The zero-order valence-corrected chi connectivity index (χ0v) is 10.4. The van der Waals surface area contributed by atoms with E-state index in [9.17, 15) is 0 Å². The molecule has 0 aliphatic carbocycles. The summed E-state index contributed by atoms with van der Waals surface area (Å²) in [5, 5.41) is 6.94. The molecule has 0 amide bonds. The molecule has 1 aliphatic rings. The van der Waals surface area contributed by atoms with Gasteiger partial charge in [0.2, 0.25) is 0 Å². The van der Waals surface area contributed by atoms with Crippen molar-refractivity contribution < 1.29 is 4.74 Å². The van der Waals surface area contributed by atoms with E-state index in [1.165, 1.54) is 6.42 Å². The average molecular weight is 214 g/mol. The van der Waals surface area contributed by atoms with Crippen LogP contribution in [0.3, 0.4) is 0 Å². The van der Waals surface area contributed by atoms with Crippen LogP contribution in [-0.4, -0.2) is 38.4 Å². The average Bonchev–Trinajstić information content (AvgIpc) is 2.70. The lowest BCUT2D eigenvalue weighted by atomic mass is 9.99. The third-order valence-corrected chi connectivity index (χ3v) is 3.18. The molecule has 0 spiro atoms. The summed E-state index contributed by atoms with van der Waals surface area (Å²) in [5.74, 6) is 0.721. The van der Waals surface area contributed by atoms with Crippen LogP contribution in [0.25, 0.3) is 0 Å². The Hall–Kier alpha value is -0.120. The minimum atomic E-state index is 0.490. The largest absolute Gasteiger partial charge is 0.378 e. The van der Waals surface area contributed by atoms with Gasteiger partial charge in [0.25, 0.3) is 0 Å². The molecule has 3 atom stereocenters. The Balaban J connectivity index is 2.12. The fraction of sp³-hybridized carbons (Fsp3) is 1.00. The Bertz CT molecular complexity index is 164. The highest BCUT2D eigenvalue weighted by atomic mass is 16.5. The van der Waals surface area contributed by atoms with E-state index in [1.807, 2.05) is 0 Å². The van der Waals surface area contributed by atoms with Gasteiger partial charge in [0, 0.05) is 25.7 Å². The van der Waals surface area contributed by atoms with Gasteiger partial charge in [0.1, 0.15) is 0 Å². The maximum absolute atomic E-state index is 5.67. The van der Waals surface area contributed by atoms with Crippen molar-refractivity contribution >= 4 is 0 Å². The van der Waals surface area contributed by atoms with Gasteiger partial charge in [-0.3, -0.25) is 0 Å². The van der Waals surface area contributed by atoms with E-state index in [1.54, 1.807) is 0 Å². The van der Waals surface area contributed by atoms with Crippen LogP contribution in [0, 0.1) is 5.92 Å². The first-order valence-electron chi connectivity index (χ1n) is 6.33. The molecular weight excluding hydrogens is 188 g/mol. The first kappa shape index (κ1) is 12.9. The molecule has 15 heavy (non-hydrogen) atoms. The predicted octanol–water partition coefficient (Wildman–Crippen LogP) is 1.39. The van der Waals surface area contributed by atoms with Crippen LogP contribution < -0.4 is 10.6 Å². The minimum Gasteiger partial charge on any atom is -0.378 e. The zero-order chi connectivity index (χ0) is 11.1. The lowest BCUT2D eigenvalue weighted by Crippen LogP contribution is -2.40. The summed E-state index contributed by atoms with van der Waals surface area (Å²) in [5.41, 5.74) is 0. The van der Waals surface area contributed by atoms with Crippen LogP contribution in [0.4, 0.5) is 0 Å². The van der Waals surface area contributed by atoms with Crippen molar-refractivity contribution in [1.82, 2.24) is 10.6 Å². The Labute approximate surface area is 94.0 Å². The van der Waals surface area contributed by atoms with Crippen LogP contribution in [0.1, 0.15) is 33.6 Å². The van der Waals surface area contributed by atoms with Crippen LogP contribution >= 0.6 is 0 Å². The monoisotopic (exact) mass is 214 g/mol. The molecule has 3 nitrogen and oxygen atoms in total. The Morgan fingerprint density at radius 1 is 1.40 bits per heavy atom. The van der Waals surface area contributed by atoms with Crippen molar-refractivity contribution in [3.05, 3.63) is 0 Å². The summed E-state index contributed by atoms with van der Waals surface area (Å²) in [6, 6.07) is 0.558. The van der Waals surface area contributed by atoms with Crippen molar-refractivity contribution in [3.8, 4) is 0 Å². The van der Waals surface area contributed by atoms with E-state index in [2.05, 4.69) is 31.4 Å². The highest BCUT2D eigenvalue weighted by Gasteiger charge is 2.26. The Morgan fingerprint density at radius 3 is 2.87 bits per heavy atom. The number of hydrogen-bond donors (Lipinski definition) is 2. The van der Waals surface area contributed by atoms with Crippen molar-refractivity contribution in [1.29, 1.82) is 0 Å². The molecular formula is C12H26N2O. The molecule has 1 heterocycles. The number of likely N-dealkylation sites (N-methyl/N-ethyl adjacent to an activating group) is 1. The van der Waals surface area contributed by atoms with Crippen LogP contribution in [-0.2, 0) is 4.74 Å². The first-order valence-corrected chi connectivity index (χ1v) is 6.33. The molecule has 1 aliphatic heterocycles. The molecule has 2 N–H and O–H groups in total. The number of hydrogen-bond acceptors (Lipinski definition) is 3. The molecule has 90 valence electrons. The molecule has 0 saturated carbocycles. The van der Waals surface area contributed by atoms with Crippen LogP contribution in [0.2, 0.25) is 0 Å². The highest BCUT2D eigenvalue weighted by Crippen LogP contribution is 2.22. The summed E-state index contributed by atoms with van der Waals surface area (Å²) >= 11 is 0. The number of nitrogens with one attached hydrogen (secondary N) is 2. The summed E-state index contributed by atoms with van der Waals surface area (Å²) in [7, 11) is 0. The molecule has 0 radical (unpaired) electrons. The zero-order valence-electron chi connectivity index (χ0n) is 10.4. The van der Waals surface area contributed by atoms with Crippen LogP contribution in [0.15, 0.2) is 0 Å². The van der Waals surface area contributed by atoms with E-state index in [0.29, 0.717) is 12.1 Å². The van der Waals surface area contributed by atoms with Gasteiger partial charge in [-0.05, 0) is 32.2 Å². The quantitative estimate of drug-likeness (QED) is 0.672. The van der Waals surface area contributed by atoms with Crippen molar-refractivity contribution in [2.24, 2.45) is 5.92 Å². The van der Waals surface area contributed by atoms with E-state index < -0.39 is 0 Å².